The SMILES string of the molecule is CC(C)NC(N)=NCCCN[C@@H](C)c1ccc(-n2cc3cc(C(C)(C)C)[nH]c3nc2=O)cc1. The summed E-state index contributed by atoms with van der Waals surface area (Å²) in [7, 11) is 0. The van der Waals surface area contributed by atoms with E-state index >= 15 is 0 Å². The molecule has 8 nitrogen and oxygen atoms in total. The number of hydrogen-bond acceptors (Lipinski definition) is 4. The van der Waals surface area contributed by atoms with Crippen LogP contribution in [0.3, 0.4) is 0 Å². The van der Waals surface area contributed by atoms with Crippen molar-refractivity contribution in [2.75, 3.05) is 13.1 Å². The van der Waals surface area contributed by atoms with Gasteiger partial charge in [-0.25, -0.2) is 4.79 Å². The maximum absolute atomic E-state index is 12.6. The molecule has 0 aliphatic carbocycles. The number of aromatic nitrogens is 3. The Morgan fingerprint density at radius 2 is 1.91 bits per heavy atom. The Bertz CT molecular complexity index is 1150. The van der Waals surface area contributed by atoms with Gasteiger partial charge in [-0.2, -0.15) is 4.98 Å². The first-order chi connectivity index (χ1) is 15.5. The van der Waals surface area contributed by atoms with Gasteiger partial charge in [0.05, 0.1) is 5.69 Å². The number of nitrogens with two attached hydrogens (primary N) is 1. The third-order valence-corrected chi connectivity index (χ3v) is 5.49. The normalized spacial score (nSPS) is 13.6. The number of nitrogens with zero attached hydrogens (tertiary/aromatic N) is 3. The van der Waals surface area contributed by atoms with Crippen LogP contribution in [-0.2, 0) is 5.41 Å². The van der Waals surface area contributed by atoms with E-state index in [4.69, 9.17) is 5.73 Å². The van der Waals surface area contributed by atoms with Crippen molar-refractivity contribution in [2.45, 2.75) is 65.5 Å². The van der Waals surface area contributed by atoms with Crippen molar-refractivity contribution in [3.63, 3.8) is 0 Å². The van der Waals surface area contributed by atoms with Crippen LogP contribution in [0.5, 0.6) is 0 Å². The molecule has 0 aliphatic rings. The first kappa shape index (κ1) is 24.5. The van der Waals surface area contributed by atoms with Gasteiger partial charge < -0.3 is 21.4 Å². The minimum absolute atomic E-state index is 0.0384. The van der Waals surface area contributed by atoms with E-state index in [1.807, 2.05) is 44.3 Å². The van der Waals surface area contributed by atoms with E-state index in [-0.39, 0.29) is 23.2 Å². The molecular weight excluding hydrogens is 414 g/mol. The van der Waals surface area contributed by atoms with Crippen LogP contribution >= 0.6 is 0 Å². The topological polar surface area (TPSA) is 113 Å². The number of H-pyrrole nitrogens is 1. The monoisotopic (exact) mass is 451 g/mol. The molecule has 1 aromatic carbocycles. The number of aromatic amines is 1. The highest BCUT2D eigenvalue weighted by Crippen LogP contribution is 2.24. The van der Waals surface area contributed by atoms with Crippen LogP contribution in [0.1, 0.15) is 65.3 Å². The number of benzene rings is 1. The van der Waals surface area contributed by atoms with Gasteiger partial charge in [-0.15, -0.1) is 0 Å². The molecule has 8 heteroatoms. The maximum Gasteiger partial charge on any atom is 0.354 e. The molecule has 0 saturated heterocycles. The summed E-state index contributed by atoms with van der Waals surface area (Å²) in [4.78, 5) is 24.5. The van der Waals surface area contributed by atoms with E-state index in [9.17, 15) is 4.79 Å². The van der Waals surface area contributed by atoms with E-state index in [1.165, 1.54) is 0 Å². The maximum atomic E-state index is 12.6. The standard InChI is InChI=1S/C25H37N7O/c1-16(2)29-23(26)28-13-7-12-27-17(3)18-8-10-20(11-9-18)32-15-19-14-21(25(4,5)6)30-22(19)31-24(32)33/h8-11,14-17,27H,7,12-13H2,1-6H3,(H3,26,28,29)(H,30,31,33)/t17-/m0/s1. The van der Waals surface area contributed by atoms with Crippen molar-refractivity contribution in [1.82, 2.24) is 25.2 Å². The van der Waals surface area contributed by atoms with Crippen LogP contribution in [0.25, 0.3) is 16.7 Å². The second-order valence-electron chi connectivity index (χ2n) is 9.82. The van der Waals surface area contributed by atoms with Crippen molar-refractivity contribution in [2.24, 2.45) is 10.7 Å². The minimum atomic E-state index is -0.296. The van der Waals surface area contributed by atoms with Gasteiger partial charge >= 0.3 is 5.69 Å². The molecule has 33 heavy (non-hydrogen) atoms. The Labute approximate surface area is 195 Å². The van der Waals surface area contributed by atoms with Gasteiger partial charge in [-0.1, -0.05) is 32.9 Å². The predicted octanol–water partition coefficient (Wildman–Crippen LogP) is 3.36. The number of fused-ring (bicyclic) bond motifs is 1. The third kappa shape index (κ3) is 6.44. The summed E-state index contributed by atoms with van der Waals surface area (Å²) in [5, 5.41) is 7.52. The van der Waals surface area contributed by atoms with Crippen LogP contribution in [0, 0.1) is 0 Å². The number of guanidine groups is 1. The molecular formula is C25H37N7O. The van der Waals surface area contributed by atoms with Crippen molar-refractivity contribution in [1.29, 1.82) is 0 Å². The lowest BCUT2D eigenvalue weighted by molar-refractivity contribution is 0.561. The molecule has 0 spiro atoms. The Kier molecular flexibility index (Phi) is 7.58. The van der Waals surface area contributed by atoms with Gasteiger partial charge in [-0.05, 0) is 57.5 Å². The average Bonchev–Trinajstić information content (AvgIpc) is 3.16. The van der Waals surface area contributed by atoms with E-state index in [2.05, 4.69) is 59.4 Å². The van der Waals surface area contributed by atoms with E-state index < -0.39 is 0 Å². The molecule has 0 saturated carbocycles. The molecule has 3 aromatic rings. The molecule has 0 amide bonds. The van der Waals surface area contributed by atoms with Crippen molar-refractivity contribution in [3.8, 4) is 5.69 Å². The summed E-state index contributed by atoms with van der Waals surface area (Å²) in [6.45, 7) is 14.1. The van der Waals surface area contributed by atoms with Crippen LogP contribution in [0.4, 0.5) is 0 Å². The lowest BCUT2D eigenvalue weighted by atomic mass is 9.92. The van der Waals surface area contributed by atoms with Crippen LogP contribution < -0.4 is 22.1 Å². The first-order valence-electron chi connectivity index (χ1n) is 11.6. The van der Waals surface area contributed by atoms with Crippen molar-refractivity contribution < 1.29 is 0 Å². The summed E-state index contributed by atoms with van der Waals surface area (Å²) in [5.74, 6) is 0.492. The van der Waals surface area contributed by atoms with Gasteiger partial charge in [0.25, 0.3) is 0 Å². The fourth-order valence-corrected chi connectivity index (χ4v) is 3.56. The lowest BCUT2D eigenvalue weighted by Gasteiger charge is -2.15. The number of hydrogen-bond donors (Lipinski definition) is 4. The molecule has 2 aromatic heterocycles. The quantitative estimate of drug-likeness (QED) is 0.238. The summed E-state index contributed by atoms with van der Waals surface area (Å²) < 4.78 is 1.60. The fraction of sp³-hybridized carbons (Fsp3) is 0.480. The largest absolute Gasteiger partial charge is 0.370 e. The second-order valence-corrected chi connectivity index (χ2v) is 9.82. The first-order valence-corrected chi connectivity index (χ1v) is 11.6. The highest BCUT2D eigenvalue weighted by Gasteiger charge is 2.17. The highest BCUT2D eigenvalue weighted by atomic mass is 16.1. The summed E-state index contributed by atoms with van der Waals surface area (Å²) in [6.07, 6.45) is 2.75. The molecule has 0 unspecified atom stereocenters. The summed E-state index contributed by atoms with van der Waals surface area (Å²) in [5.41, 5.74) is 9.12. The zero-order valence-electron chi connectivity index (χ0n) is 20.6. The van der Waals surface area contributed by atoms with E-state index in [1.54, 1.807) is 4.57 Å². The lowest BCUT2D eigenvalue weighted by Crippen LogP contribution is -2.36. The molecule has 0 aliphatic heterocycles. The zero-order valence-corrected chi connectivity index (χ0v) is 20.6. The third-order valence-electron chi connectivity index (χ3n) is 5.49. The molecule has 2 heterocycles. The molecule has 1 atom stereocenters. The van der Waals surface area contributed by atoms with Crippen LogP contribution in [0.15, 0.2) is 46.3 Å². The second kappa shape index (κ2) is 10.2. The Hall–Kier alpha value is -3.13. The van der Waals surface area contributed by atoms with Crippen molar-refractivity contribution >= 4 is 17.0 Å². The summed E-state index contributed by atoms with van der Waals surface area (Å²) in [6, 6.07) is 10.5. The Morgan fingerprint density at radius 3 is 2.55 bits per heavy atom. The zero-order chi connectivity index (χ0) is 24.2. The Morgan fingerprint density at radius 1 is 1.21 bits per heavy atom. The minimum Gasteiger partial charge on any atom is -0.370 e. The van der Waals surface area contributed by atoms with Gasteiger partial charge in [-0.3, -0.25) is 9.56 Å². The van der Waals surface area contributed by atoms with Gasteiger partial charge in [0.2, 0.25) is 0 Å². The number of nitrogens with one attached hydrogen (secondary N) is 3. The van der Waals surface area contributed by atoms with Gasteiger partial charge in [0.1, 0.15) is 5.65 Å². The van der Waals surface area contributed by atoms with Gasteiger partial charge in [0, 0.05) is 41.3 Å². The smallest absolute Gasteiger partial charge is 0.354 e. The van der Waals surface area contributed by atoms with Crippen LogP contribution in [0.2, 0.25) is 0 Å². The molecule has 0 bridgehead atoms. The molecule has 0 fully saturated rings. The predicted molar refractivity (Wildman–Crippen MR) is 136 cm³/mol. The summed E-state index contributed by atoms with van der Waals surface area (Å²) >= 11 is 0. The molecule has 5 N–H and O–H groups in total. The van der Waals surface area contributed by atoms with Crippen molar-refractivity contribution in [3.05, 3.63) is 58.3 Å². The molecule has 178 valence electrons. The highest BCUT2D eigenvalue weighted by molar-refractivity contribution is 5.78. The number of aliphatic imine (C=N–C) groups is 1. The Balaban J connectivity index is 1.63. The molecule has 0 radical (unpaired) electrons. The van der Waals surface area contributed by atoms with E-state index in [0.717, 1.165) is 35.3 Å². The van der Waals surface area contributed by atoms with Crippen LogP contribution in [-0.4, -0.2) is 39.6 Å². The van der Waals surface area contributed by atoms with Gasteiger partial charge in [0.15, 0.2) is 5.96 Å². The molecule has 3 rings (SSSR count). The number of rotatable bonds is 8. The fourth-order valence-electron chi connectivity index (χ4n) is 3.56. The van der Waals surface area contributed by atoms with E-state index in [0.29, 0.717) is 18.2 Å². The average molecular weight is 452 g/mol.